The lowest BCUT2D eigenvalue weighted by Crippen LogP contribution is -2.44. The molecule has 0 unspecified atom stereocenters. The minimum atomic E-state index is -3.16. The second-order valence-electron chi connectivity index (χ2n) is 9.05. The van der Waals surface area contributed by atoms with E-state index < -0.39 is 16.1 Å². The molecule has 166 valence electrons. The largest absolute Gasteiger partial charge is 0.387 e. The lowest BCUT2D eigenvalue weighted by Gasteiger charge is -2.35. The topological polar surface area (TPSA) is 78.4 Å². The maximum absolute atomic E-state index is 13.3. The third-order valence-corrected chi connectivity index (χ3v) is 7.28. The van der Waals surface area contributed by atoms with Gasteiger partial charge >= 0.3 is 0 Å². The third kappa shape index (κ3) is 8.70. The number of nitrogens with one attached hydrogen (secondary N) is 2. The first-order valence-electron chi connectivity index (χ1n) is 10.8. The van der Waals surface area contributed by atoms with Gasteiger partial charge in [0.15, 0.2) is 0 Å². The van der Waals surface area contributed by atoms with Crippen LogP contribution in [0.2, 0.25) is 0 Å². The van der Waals surface area contributed by atoms with Gasteiger partial charge in [0.25, 0.3) is 0 Å². The number of halogens is 1. The predicted molar refractivity (Wildman–Crippen MR) is 116 cm³/mol. The van der Waals surface area contributed by atoms with Crippen molar-refractivity contribution >= 4 is 10.0 Å². The highest BCUT2D eigenvalue weighted by molar-refractivity contribution is 7.89. The summed E-state index contributed by atoms with van der Waals surface area (Å²) in [6.45, 7) is 6.59. The summed E-state index contributed by atoms with van der Waals surface area (Å²) in [6.07, 6.45) is 5.53. The first-order valence-corrected chi connectivity index (χ1v) is 12.4. The van der Waals surface area contributed by atoms with Gasteiger partial charge in [0.2, 0.25) is 10.0 Å². The summed E-state index contributed by atoms with van der Waals surface area (Å²) in [4.78, 5) is 0. The molecule has 0 aliphatic heterocycles. The van der Waals surface area contributed by atoms with Gasteiger partial charge in [-0.1, -0.05) is 25.5 Å². The molecule has 1 fully saturated rings. The van der Waals surface area contributed by atoms with Crippen LogP contribution in [-0.4, -0.2) is 37.4 Å². The quantitative estimate of drug-likeness (QED) is 0.500. The molecule has 0 saturated heterocycles. The average Bonchev–Trinajstić information content (AvgIpc) is 2.66. The van der Waals surface area contributed by atoms with Gasteiger partial charge in [0.1, 0.15) is 5.82 Å². The second kappa shape index (κ2) is 10.8. The number of β-amino-alcohol motifs (C(OH)–C–C–N with tert-alkyl or cyclic N) is 1. The molecule has 5 nitrogen and oxygen atoms in total. The Labute approximate surface area is 175 Å². The van der Waals surface area contributed by atoms with E-state index in [1.54, 1.807) is 12.1 Å². The zero-order valence-corrected chi connectivity index (χ0v) is 18.8. The molecule has 1 aromatic rings. The summed E-state index contributed by atoms with van der Waals surface area (Å²) in [6, 6.07) is 6.12. The first kappa shape index (κ1) is 24.3. The normalized spacial score (nSPS) is 21.8. The van der Waals surface area contributed by atoms with E-state index in [4.69, 9.17) is 0 Å². The van der Waals surface area contributed by atoms with Crippen LogP contribution in [0.1, 0.15) is 77.4 Å². The highest BCUT2D eigenvalue weighted by Crippen LogP contribution is 2.31. The van der Waals surface area contributed by atoms with Gasteiger partial charge in [-0.05, 0) is 76.0 Å². The Balaban J connectivity index is 1.75. The predicted octanol–water partition coefficient (Wildman–Crippen LogP) is 3.90. The number of sulfonamides is 1. The van der Waals surface area contributed by atoms with Crippen molar-refractivity contribution in [3.8, 4) is 0 Å². The van der Waals surface area contributed by atoms with Crippen molar-refractivity contribution in [3.05, 3.63) is 35.6 Å². The summed E-state index contributed by atoms with van der Waals surface area (Å²) in [5.41, 5.74) is 0.413. The van der Waals surface area contributed by atoms with Crippen LogP contribution in [0.3, 0.4) is 0 Å². The Hall–Kier alpha value is -1.02. The molecule has 0 spiro atoms. The highest BCUT2D eigenvalue weighted by atomic mass is 32.2. The van der Waals surface area contributed by atoms with Gasteiger partial charge in [0, 0.05) is 18.1 Å². The van der Waals surface area contributed by atoms with E-state index in [9.17, 15) is 17.9 Å². The van der Waals surface area contributed by atoms with Crippen molar-refractivity contribution in [1.82, 2.24) is 10.0 Å². The molecule has 1 saturated carbocycles. The summed E-state index contributed by atoms with van der Waals surface area (Å²) < 4.78 is 40.4. The van der Waals surface area contributed by atoms with Crippen molar-refractivity contribution in [2.45, 2.75) is 83.4 Å². The van der Waals surface area contributed by atoms with E-state index in [2.05, 4.69) is 23.9 Å². The Kier molecular flexibility index (Phi) is 9.07. The smallest absolute Gasteiger partial charge is 0.211 e. The van der Waals surface area contributed by atoms with Gasteiger partial charge in [0.05, 0.1) is 11.9 Å². The monoisotopic (exact) mass is 428 g/mol. The first-order chi connectivity index (χ1) is 13.6. The molecule has 2 rings (SSSR count). The molecule has 0 amide bonds. The molecule has 0 heterocycles. The summed E-state index contributed by atoms with van der Waals surface area (Å²) in [5.74, 6) is 0.400. The van der Waals surface area contributed by atoms with Crippen LogP contribution in [0.5, 0.6) is 0 Å². The number of rotatable bonds is 11. The fourth-order valence-electron chi connectivity index (χ4n) is 4.13. The fourth-order valence-corrected chi connectivity index (χ4v) is 5.66. The number of benzene rings is 1. The molecule has 1 atom stereocenters. The SMILES string of the molecule is CCCCS(=O)(=O)NC1CCC(CC(C)(C)NC[C@H](O)c2cccc(F)c2)CC1. The molecule has 1 aromatic carbocycles. The molecule has 1 aliphatic carbocycles. The van der Waals surface area contributed by atoms with Crippen molar-refractivity contribution in [1.29, 1.82) is 0 Å². The van der Waals surface area contributed by atoms with E-state index >= 15 is 0 Å². The molecule has 7 heteroatoms. The van der Waals surface area contributed by atoms with Crippen LogP contribution in [0.4, 0.5) is 4.39 Å². The van der Waals surface area contributed by atoms with E-state index in [-0.39, 0.29) is 23.2 Å². The fraction of sp³-hybridized carbons (Fsp3) is 0.727. The minimum Gasteiger partial charge on any atom is -0.387 e. The van der Waals surface area contributed by atoms with Crippen LogP contribution in [0.15, 0.2) is 24.3 Å². The average molecular weight is 429 g/mol. The van der Waals surface area contributed by atoms with Crippen LogP contribution in [0, 0.1) is 11.7 Å². The lowest BCUT2D eigenvalue weighted by molar-refractivity contribution is 0.149. The Morgan fingerprint density at radius 3 is 2.55 bits per heavy atom. The molecule has 0 bridgehead atoms. The molecule has 29 heavy (non-hydrogen) atoms. The van der Waals surface area contributed by atoms with Crippen LogP contribution in [0.25, 0.3) is 0 Å². The Bertz CT molecular complexity index is 731. The lowest BCUT2D eigenvalue weighted by atomic mass is 9.79. The van der Waals surface area contributed by atoms with Gasteiger partial charge in [-0.2, -0.15) is 0 Å². The number of aliphatic hydroxyl groups is 1. The molecular formula is C22H37FN2O3S. The maximum atomic E-state index is 13.3. The van der Waals surface area contributed by atoms with Gasteiger partial charge in [-0.25, -0.2) is 17.5 Å². The van der Waals surface area contributed by atoms with Crippen LogP contribution < -0.4 is 10.0 Å². The highest BCUT2D eigenvalue weighted by Gasteiger charge is 2.29. The number of hydrogen-bond donors (Lipinski definition) is 3. The molecule has 3 N–H and O–H groups in total. The maximum Gasteiger partial charge on any atom is 0.211 e. The molecule has 0 radical (unpaired) electrons. The zero-order chi connectivity index (χ0) is 21.5. The minimum absolute atomic E-state index is 0.0546. The van der Waals surface area contributed by atoms with Gasteiger partial charge in [-0.3, -0.25) is 0 Å². The summed E-state index contributed by atoms with van der Waals surface area (Å²) in [5, 5.41) is 13.7. The van der Waals surface area contributed by atoms with Gasteiger partial charge < -0.3 is 10.4 Å². The van der Waals surface area contributed by atoms with Crippen molar-refractivity contribution in [2.24, 2.45) is 5.92 Å². The van der Waals surface area contributed by atoms with E-state index in [1.165, 1.54) is 12.1 Å². The number of hydrogen-bond acceptors (Lipinski definition) is 4. The number of unbranched alkanes of at least 4 members (excludes halogenated alkanes) is 1. The van der Waals surface area contributed by atoms with E-state index in [0.29, 0.717) is 24.4 Å². The van der Waals surface area contributed by atoms with Crippen LogP contribution in [-0.2, 0) is 10.0 Å². The Morgan fingerprint density at radius 1 is 1.24 bits per heavy atom. The van der Waals surface area contributed by atoms with E-state index in [1.807, 2.05) is 6.92 Å². The van der Waals surface area contributed by atoms with Crippen molar-refractivity contribution in [3.63, 3.8) is 0 Å². The zero-order valence-electron chi connectivity index (χ0n) is 18.0. The number of aliphatic hydroxyl groups excluding tert-OH is 1. The second-order valence-corrected chi connectivity index (χ2v) is 10.9. The van der Waals surface area contributed by atoms with Crippen molar-refractivity contribution in [2.75, 3.05) is 12.3 Å². The summed E-state index contributed by atoms with van der Waals surface area (Å²) in [7, 11) is -3.16. The third-order valence-electron chi connectivity index (χ3n) is 5.77. The van der Waals surface area contributed by atoms with Crippen molar-refractivity contribution < 1.29 is 17.9 Å². The molecule has 1 aliphatic rings. The van der Waals surface area contributed by atoms with Crippen LogP contribution >= 0.6 is 0 Å². The summed E-state index contributed by atoms with van der Waals surface area (Å²) >= 11 is 0. The Morgan fingerprint density at radius 2 is 1.93 bits per heavy atom. The van der Waals surface area contributed by atoms with Gasteiger partial charge in [-0.15, -0.1) is 0 Å². The van der Waals surface area contributed by atoms with E-state index in [0.717, 1.165) is 38.5 Å². The standard InChI is InChI=1S/C22H37FN2O3S/c1-4-5-13-29(27,28)25-20-11-9-17(10-12-20)15-22(2,3)24-16-21(26)18-7-6-8-19(23)14-18/h6-8,14,17,20-21,24-26H,4-5,9-13,15-16H2,1-3H3/t17?,20?,21-/m0/s1. The molecule has 0 aromatic heterocycles. The molecular weight excluding hydrogens is 391 g/mol.